The Bertz CT molecular complexity index is 521. The van der Waals surface area contributed by atoms with E-state index in [1.54, 1.807) is 0 Å². The van der Waals surface area contributed by atoms with Gasteiger partial charge in [-0.25, -0.2) is 0 Å². The minimum atomic E-state index is 0.179. The molecule has 4 heteroatoms. The predicted octanol–water partition coefficient (Wildman–Crippen LogP) is 2.75. The van der Waals surface area contributed by atoms with Gasteiger partial charge in [0.2, 0.25) is 0 Å². The molecule has 0 spiro atoms. The molecule has 0 saturated carbocycles. The SMILES string of the molecule is CC(C)c1ccc(C(=O)N2CCCC(N3CCOCC3)C2)cc1. The summed E-state index contributed by atoms with van der Waals surface area (Å²) in [5, 5.41) is 0. The van der Waals surface area contributed by atoms with Crippen LogP contribution in [-0.2, 0) is 4.74 Å². The van der Waals surface area contributed by atoms with E-state index in [9.17, 15) is 4.79 Å². The van der Waals surface area contributed by atoms with Crippen LogP contribution in [0.4, 0.5) is 0 Å². The van der Waals surface area contributed by atoms with Crippen LogP contribution in [0.2, 0.25) is 0 Å². The van der Waals surface area contributed by atoms with Crippen LogP contribution in [0.5, 0.6) is 0 Å². The van der Waals surface area contributed by atoms with Crippen LogP contribution in [0.15, 0.2) is 24.3 Å². The normalized spacial score (nSPS) is 23.3. The van der Waals surface area contributed by atoms with Gasteiger partial charge in [-0.15, -0.1) is 0 Å². The van der Waals surface area contributed by atoms with Crippen molar-refractivity contribution in [3.8, 4) is 0 Å². The maximum Gasteiger partial charge on any atom is 0.253 e. The quantitative estimate of drug-likeness (QED) is 0.859. The van der Waals surface area contributed by atoms with Crippen molar-refractivity contribution in [2.45, 2.75) is 38.6 Å². The third-order valence-corrected chi connectivity index (χ3v) is 5.07. The Morgan fingerprint density at radius 1 is 1.13 bits per heavy atom. The van der Waals surface area contributed by atoms with E-state index < -0.39 is 0 Å². The lowest BCUT2D eigenvalue weighted by molar-refractivity contribution is -0.00120. The van der Waals surface area contributed by atoms with Gasteiger partial charge in [0.25, 0.3) is 5.91 Å². The van der Waals surface area contributed by atoms with Crippen molar-refractivity contribution in [3.63, 3.8) is 0 Å². The van der Waals surface area contributed by atoms with Gasteiger partial charge in [0.05, 0.1) is 13.2 Å². The summed E-state index contributed by atoms with van der Waals surface area (Å²) < 4.78 is 5.44. The summed E-state index contributed by atoms with van der Waals surface area (Å²) in [6.45, 7) is 9.72. The first-order valence-electron chi connectivity index (χ1n) is 8.86. The third kappa shape index (κ3) is 3.93. The first kappa shape index (κ1) is 16.5. The average molecular weight is 316 g/mol. The number of hydrogen-bond acceptors (Lipinski definition) is 3. The molecule has 1 unspecified atom stereocenters. The van der Waals surface area contributed by atoms with E-state index in [0.717, 1.165) is 51.4 Å². The topological polar surface area (TPSA) is 32.8 Å². The summed E-state index contributed by atoms with van der Waals surface area (Å²) in [6.07, 6.45) is 2.29. The van der Waals surface area contributed by atoms with E-state index >= 15 is 0 Å². The third-order valence-electron chi connectivity index (χ3n) is 5.07. The molecule has 2 heterocycles. The molecule has 23 heavy (non-hydrogen) atoms. The van der Waals surface area contributed by atoms with Crippen LogP contribution in [0.25, 0.3) is 0 Å². The van der Waals surface area contributed by atoms with Gasteiger partial charge in [0, 0.05) is 37.8 Å². The molecule has 0 bridgehead atoms. The van der Waals surface area contributed by atoms with Gasteiger partial charge < -0.3 is 9.64 Å². The molecule has 1 atom stereocenters. The van der Waals surface area contributed by atoms with Gasteiger partial charge in [0.1, 0.15) is 0 Å². The Hall–Kier alpha value is -1.39. The number of carbonyl (C=O) groups is 1. The van der Waals surface area contributed by atoms with Crippen LogP contribution in [-0.4, -0.2) is 61.1 Å². The summed E-state index contributed by atoms with van der Waals surface area (Å²) in [7, 11) is 0. The standard InChI is InChI=1S/C19H28N2O2/c1-15(2)16-5-7-17(8-6-16)19(22)21-9-3-4-18(14-21)20-10-12-23-13-11-20/h5-8,15,18H,3-4,9-14H2,1-2H3. The van der Waals surface area contributed by atoms with E-state index in [0.29, 0.717) is 12.0 Å². The first-order valence-corrected chi connectivity index (χ1v) is 8.86. The molecule has 3 rings (SSSR count). The maximum atomic E-state index is 12.8. The predicted molar refractivity (Wildman–Crippen MR) is 91.8 cm³/mol. The molecule has 1 aromatic carbocycles. The van der Waals surface area contributed by atoms with E-state index in [-0.39, 0.29) is 5.91 Å². The number of morpholine rings is 1. The van der Waals surface area contributed by atoms with Crippen molar-refractivity contribution in [1.29, 1.82) is 0 Å². The van der Waals surface area contributed by atoms with Crippen molar-refractivity contribution in [2.24, 2.45) is 0 Å². The summed E-state index contributed by atoms with van der Waals surface area (Å²) in [5.41, 5.74) is 2.10. The van der Waals surface area contributed by atoms with Crippen LogP contribution in [0, 0.1) is 0 Å². The molecule has 4 nitrogen and oxygen atoms in total. The summed E-state index contributed by atoms with van der Waals surface area (Å²) >= 11 is 0. The number of rotatable bonds is 3. The highest BCUT2D eigenvalue weighted by molar-refractivity contribution is 5.94. The highest BCUT2D eigenvalue weighted by Crippen LogP contribution is 2.20. The second kappa shape index (κ2) is 7.45. The Labute approximate surface area is 139 Å². The molecular formula is C19H28N2O2. The summed E-state index contributed by atoms with van der Waals surface area (Å²) in [4.78, 5) is 17.3. The van der Waals surface area contributed by atoms with Crippen molar-refractivity contribution in [1.82, 2.24) is 9.80 Å². The monoisotopic (exact) mass is 316 g/mol. The van der Waals surface area contributed by atoms with Gasteiger partial charge in [-0.05, 0) is 36.5 Å². The zero-order chi connectivity index (χ0) is 16.2. The van der Waals surface area contributed by atoms with Crippen molar-refractivity contribution < 1.29 is 9.53 Å². The number of benzene rings is 1. The zero-order valence-electron chi connectivity index (χ0n) is 14.3. The van der Waals surface area contributed by atoms with E-state index in [2.05, 4.69) is 30.9 Å². The zero-order valence-corrected chi connectivity index (χ0v) is 14.3. The largest absolute Gasteiger partial charge is 0.379 e. The van der Waals surface area contributed by atoms with Gasteiger partial charge >= 0.3 is 0 Å². The smallest absolute Gasteiger partial charge is 0.253 e. The lowest BCUT2D eigenvalue weighted by Gasteiger charge is -2.40. The molecule has 126 valence electrons. The number of ether oxygens (including phenoxy) is 1. The molecule has 2 aliphatic rings. The lowest BCUT2D eigenvalue weighted by atomic mass is 10.00. The maximum absolute atomic E-state index is 12.8. The van der Waals surface area contributed by atoms with Crippen LogP contribution in [0.3, 0.4) is 0 Å². The minimum absolute atomic E-state index is 0.179. The molecule has 0 aromatic heterocycles. The first-order chi connectivity index (χ1) is 11.1. The Morgan fingerprint density at radius 2 is 1.83 bits per heavy atom. The van der Waals surface area contributed by atoms with Crippen molar-refractivity contribution >= 4 is 5.91 Å². The van der Waals surface area contributed by atoms with Crippen molar-refractivity contribution in [2.75, 3.05) is 39.4 Å². The molecular weight excluding hydrogens is 288 g/mol. The van der Waals surface area contributed by atoms with Crippen LogP contribution >= 0.6 is 0 Å². The average Bonchev–Trinajstić information content (AvgIpc) is 2.62. The fraction of sp³-hybridized carbons (Fsp3) is 0.632. The van der Waals surface area contributed by atoms with Gasteiger partial charge in [-0.3, -0.25) is 9.69 Å². The Kier molecular flexibility index (Phi) is 5.34. The minimum Gasteiger partial charge on any atom is -0.379 e. The van der Waals surface area contributed by atoms with Crippen LogP contribution < -0.4 is 0 Å². The molecule has 0 radical (unpaired) electrons. The molecule has 1 amide bonds. The summed E-state index contributed by atoms with van der Waals surface area (Å²) in [6, 6.07) is 8.63. The second-order valence-corrected chi connectivity index (χ2v) is 6.97. The molecule has 1 aromatic rings. The number of hydrogen-bond donors (Lipinski definition) is 0. The van der Waals surface area contributed by atoms with Gasteiger partial charge in [-0.2, -0.15) is 0 Å². The number of likely N-dealkylation sites (tertiary alicyclic amines) is 1. The fourth-order valence-electron chi connectivity index (χ4n) is 3.57. The number of carbonyl (C=O) groups excluding carboxylic acids is 1. The molecule has 0 N–H and O–H groups in total. The van der Waals surface area contributed by atoms with Gasteiger partial charge in [0.15, 0.2) is 0 Å². The molecule has 2 fully saturated rings. The molecule has 2 aliphatic heterocycles. The number of amides is 1. The second-order valence-electron chi connectivity index (χ2n) is 6.97. The highest BCUT2D eigenvalue weighted by Gasteiger charge is 2.29. The van der Waals surface area contributed by atoms with Crippen molar-refractivity contribution in [3.05, 3.63) is 35.4 Å². The van der Waals surface area contributed by atoms with E-state index in [4.69, 9.17) is 4.74 Å². The number of nitrogens with zero attached hydrogens (tertiary/aromatic N) is 2. The fourth-order valence-corrected chi connectivity index (χ4v) is 3.57. The Morgan fingerprint density at radius 3 is 2.48 bits per heavy atom. The summed E-state index contributed by atoms with van der Waals surface area (Å²) in [5.74, 6) is 0.679. The van der Waals surface area contributed by atoms with E-state index in [1.165, 1.54) is 12.0 Å². The highest BCUT2D eigenvalue weighted by atomic mass is 16.5. The van der Waals surface area contributed by atoms with Crippen LogP contribution in [0.1, 0.15) is 48.5 Å². The number of piperidine rings is 1. The Balaban J connectivity index is 1.64. The molecule has 2 saturated heterocycles. The molecule has 0 aliphatic carbocycles. The van der Waals surface area contributed by atoms with E-state index in [1.807, 2.05) is 17.0 Å². The van der Waals surface area contributed by atoms with Gasteiger partial charge in [-0.1, -0.05) is 26.0 Å². The lowest BCUT2D eigenvalue weighted by Crippen LogP contribution is -2.52.